The number of nitrogens with one attached hydrogen (secondary N) is 1. The SMILES string of the molecule is CC.C[C@@H]1CCNC[C@@H]1C. The Morgan fingerprint density at radius 2 is 1.70 bits per heavy atom. The van der Waals surface area contributed by atoms with Gasteiger partial charge in [0.25, 0.3) is 0 Å². The van der Waals surface area contributed by atoms with Gasteiger partial charge in [-0.25, -0.2) is 0 Å². The molecular weight excluding hydrogens is 122 g/mol. The average molecular weight is 143 g/mol. The van der Waals surface area contributed by atoms with Crippen LogP contribution in [0.2, 0.25) is 0 Å². The Kier molecular flexibility index (Phi) is 5.70. The zero-order chi connectivity index (χ0) is 7.98. The molecule has 1 saturated heterocycles. The van der Waals surface area contributed by atoms with Crippen molar-refractivity contribution >= 4 is 0 Å². The molecule has 0 aromatic rings. The molecule has 10 heavy (non-hydrogen) atoms. The van der Waals surface area contributed by atoms with Gasteiger partial charge in [-0.1, -0.05) is 27.7 Å². The van der Waals surface area contributed by atoms with Crippen LogP contribution in [-0.4, -0.2) is 13.1 Å². The fraction of sp³-hybridized carbons (Fsp3) is 1.00. The summed E-state index contributed by atoms with van der Waals surface area (Å²) < 4.78 is 0. The van der Waals surface area contributed by atoms with Gasteiger partial charge in [-0.3, -0.25) is 0 Å². The van der Waals surface area contributed by atoms with Crippen molar-refractivity contribution in [2.24, 2.45) is 11.8 Å². The molecule has 62 valence electrons. The minimum atomic E-state index is 0.892. The number of rotatable bonds is 0. The summed E-state index contributed by atoms with van der Waals surface area (Å²) in [4.78, 5) is 0. The van der Waals surface area contributed by atoms with E-state index in [9.17, 15) is 0 Å². The second kappa shape index (κ2) is 5.72. The van der Waals surface area contributed by atoms with Gasteiger partial charge in [0.1, 0.15) is 0 Å². The molecule has 0 aromatic heterocycles. The van der Waals surface area contributed by atoms with E-state index in [0.29, 0.717) is 0 Å². The third kappa shape index (κ3) is 3.21. The summed E-state index contributed by atoms with van der Waals surface area (Å²) in [6.07, 6.45) is 1.36. The van der Waals surface area contributed by atoms with Crippen LogP contribution < -0.4 is 5.32 Å². The van der Waals surface area contributed by atoms with E-state index >= 15 is 0 Å². The molecule has 0 saturated carbocycles. The predicted molar refractivity (Wildman–Crippen MR) is 47.2 cm³/mol. The van der Waals surface area contributed by atoms with Crippen molar-refractivity contribution in [1.29, 1.82) is 0 Å². The van der Waals surface area contributed by atoms with Crippen LogP contribution in [0.25, 0.3) is 0 Å². The quantitative estimate of drug-likeness (QED) is 0.548. The van der Waals surface area contributed by atoms with E-state index in [0.717, 1.165) is 11.8 Å². The fourth-order valence-corrected chi connectivity index (χ4v) is 1.15. The third-order valence-electron chi connectivity index (χ3n) is 2.21. The topological polar surface area (TPSA) is 12.0 Å². The van der Waals surface area contributed by atoms with Gasteiger partial charge in [0.2, 0.25) is 0 Å². The summed E-state index contributed by atoms with van der Waals surface area (Å²) in [6.45, 7) is 11.1. The van der Waals surface area contributed by atoms with Crippen LogP contribution in [0.15, 0.2) is 0 Å². The van der Waals surface area contributed by atoms with Gasteiger partial charge in [-0.2, -0.15) is 0 Å². The molecule has 2 atom stereocenters. The maximum atomic E-state index is 3.36. The highest BCUT2D eigenvalue weighted by molar-refractivity contribution is 4.70. The number of hydrogen-bond donors (Lipinski definition) is 1. The Labute approximate surface area is 65.2 Å². The lowest BCUT2D eigenvalue weighted by Crippen LogP contribution is -2.33. The van der Waals surface area contributed by atoms with Crippen molar-refractivity contribution in [3.05, 3.63) is 0 Å². The highest BCUT2D eigenvalue weighted by atomic mass is 14.9. The molecule has 0 aliphatic carbocycles. The molecule has 1 heterocycles. The Morgan fingerprint density at radius 3 is 2.00 bits per heavy atom. The van der Waals surface area contributed by atoms with Gasteiger partial charge in [0, 0.05) is 0 Å². The summed E-state index contributed by atoms with van der Waals surface area (Å²) in [5, 5.41) is 3.36. The monoisotopic (exact) mass is 143 g/mol. The predicted octanol–water partition coefficient (Wildman–Crippen LogP) is 2.28. The number of piperidine rings is 1. The Morgan fingerprint density at radius 1 is 1.10 bits per heavy atom. The molecule has 0 radical (unpaired) electrons. The van der Waals surface area contributed by atoms with Crippen molar-refractivity contribution in [3.63, 3.8) is 0 Å². The summed E-state index contributed by atoms with van der Waals surface area (Å²) in [6, 6.07) is 0. The lowest BCUT2D eigenvalue weighted by atomic mass is 9.90. The Balaban J connectivity index is 0.000000371. The molecule has 0 unspecified atom stereocenters. The Bertz CT molecular complexity index is 61.1. The van der Waals surface area contributed by atoms with Crippen LogP contribution in [0.1, 0.15) is 34.1 Å². The Hall–Kier alpha value is -0.0400. The third-order valence-corrected chi connectivity index (χ3v) is 2.21. The first-order chi connectivity index (χ1) is 4.80. The fourth-order valence-electron chi connectivity index (χ4n) is 1.15. The molecule has 1 N–H and O–H groups in total. The minimum Gasteiger partial charge on any atom is -0.316 e. The second-order valence-electron chi connectivity index (χ2n) is 2.95. The first kappa shape index (κ1) is 9.96. The highest BCUT2D eigenvalue weighted by Gasteiger charge is 2.14. The van der Waals surface area contributed by atoms with Gasteiger partial charge in [-0.15, -0.1) is 0 Å². The lowest BCUT2D eigenvalue weighted by Gasteiger charge is -2.25. The molecular formula is C9H21N. The van der Waals surface area contributed by atoms with E-state index in [-0.39, 0.29) is 0 Å². The van der Waals surface area contributed by atoms with Crippen LogP contribution in [0, 0.1) is 11.8 Å². The van der Waals surface area contributed by atoms with Crippen LogP contribution in [0.5, 0.6) is 0 Å². The standard InChI is InChI=1S/C7H15N.C2H6/c1-6-3-4-8-5-7(6)2;1-2/h6-8H,3-5H2,1-2H3;1-2H3/t6-,7+;/m1./s1. The largest absolute Gasteiger partial charge is 0.316 e. The molecule has 1 aliphatic rings. The van der Waals surface area contributed by atoms with Crippen molar-refractivity contribution in [2.45, 2.75) is 34.1 Å². The van der Waals surface area contributed by atoms with E-state index in [1.165, 1.54) is 19.5 Å². The van der Waals surface area contributed by atoms with Crippen LogP contribution in [0.3, 0.4) is 0 Å². The summed E-state index contributed by atoms with van der Waals surface area (Å²) in [5.74, 6) is 1.83. The zero-order valence-electron chi connectivity index (χ0n) is 7.78. The maximum Gasteiger partial charge on any atom is -0.00206 e. The van der Waals surface area contributed by atoms with Crippen molar-refractivity contribution in [2.75, 3.05) is 13.1 Å². The van der Waals surface area contributed by atoms with E-state index in [2.05, 4.69) is 19.2 Å². The molecule has 0 amide bonds. The molecule has 1 aliphatic heterocycles. The van der Waals surface area contributed by atoms with Gasteiger partial charge in [0.15, 0.2) is 0 Å². The molecule has 0 bridgehead atoms. The van der Waals surface area contributed by atoms with Crippen LogP contribution >= 0.6 is 0 Å². The summed E-state index contributed by atoms with van der Waals surface area (Å²) in [7, 11) is 0. The van der Waals surface area contributed by atoms with Crippen molar-refractivity contribution in [1.82, 2.24) is 5.32 Å². The molecule has 0 spiro atoms. The van der Waals surface area contributed by atoms with Crippen molar-refractivity contribution < 1.29 is 0 Å². The van der Waals surface area contributed by atoms with E-state index in [1.807, 2.05) is 13.8 Å². The molecule has 1 rings (SSSR count). The van der Waals surface area contributed by atoms with Gasteiger partial charge >= 0.3 is 0 Å². The van der Waals surface area contributed by atoms with Gasteiger partial charge in [0.05, 0.1) is 0 Å². The molecule has 1 heteroatoms. The number of hydrogen-bond acceptors (Lipinski definition) is 1. The average Bonchev–Trinajstić information content (AvgIpc) is 2.00. The van der Waals surface area contributed by atoms with Crippen molar-refractivity contribution in [3.8, 4) is 0 Å². The molecule has 1 nitrogen and oxygen atoms in total. The molecule has 1 fully saturated rings. The van der Waals surface area contributed by atoms with E-state index in [1.54, 1.807) is 0 Å². The van der Waals surface area contributed by atoms with E-state index in [4.69, 9.17) is 0 Å². The lowest BCUT2D eigenvalue weighted by molar-refractivity contribution is 0.295. The smallest absolute Gasteiger partial charge is 0.00206 e. The summed E-state index contributed by atoms with van der Waals surface area (Å²) >= 11 is 0. The first-order valence-corrected chi connectivity index (χ1v) is 4.51. The normalized spacial score (nSPS) is 32.4. The van der Waals surface area contributed by atoms with Gasteiger partial charge in [-0.05, 0) is 31.3 Å². The highest BCUT2D eigenvalue weighted by Crippen LogP contribution is 2.16. The zero-order valence-corrected chi connectivity index (χ0v) is 7.78. The maximum absolute atomic E-state index is 3.36. The van der Waals surface area contributed by atoms with E-state index < -0.39 is 0 Å². The first-order valence-electron chi connectivity index (χ1n) is 4.51. The molecule has 0 aromatic carbocycles. The summed E-state index contributed by atoms with van der Waals surface area (Å²) in [5.41, 5.74) is 0. The van der Waals surface area contributed by atoms with Gasteiger partial charge < -0.3 is 5.32 Å². The minimum absolute atomic E-state index is 0.892. The second-order valence-corrected chi connectivity index (χ2v) is 2.95. The van der Waals surface area contributed by atoms with Crippen LogP contribution in [-0.2, 0) is 0 Å². The van der Waals surface area contributed by atoms with Crippen LogP contribution in [0.4, 0.5) is 0 Å².